The minimum absolute atomic E-state index is 0.0114. The van der Waals surface area contributed by atoms with Crippen LogP contribution in [0.1, 0.15) is 0 Å². The largest absolute Gasteiger partial charge is 0.497 e. The minimum Gasteiger partial charge on any atom is -0.497 e. The molecule has 1 atom stereocenters. The molecule has 0 bridgehead atoms. The van der Waals surface area contributed by atoms with E-state index in [0.29, 0.717) is 24.6 Å². The smallest absolute Gasteiger partial charge is 0.323 e. The molecule has 1 amide bonds. The molecule has 0 radical (unpaired) electrons. The fourth-order valence-corrected chi connectivity index (χ4v) is 2.14. The third-order valence-electron chi connectivity index (χ3n) is 3.22. The molecule has 21 heavy (non-hydrogen) atoms. The van der Waals surface area contributed by atoms with Crippen LogP contribution in [0.5, 0.6) is 5.75 Å². The van der Waals surface area contributed by atoms with Gasteiger partial charge in [0.25, 0.3) is 0 Å². The number of morpholine rings is 1. The molecule has 7 heteroatoms. The van der Waals surface area contributed by atoms with Gasteiger partial charge in [-0.1, -0.05) is 6.07 Å². The molecule has 1 aromatic carbocycles. The van der Waals surface area contributed by atoms with Crippen molar-refractivity contribution in [3.8, 4) is 5.75 Å². The van der Waals surface area contributed by atoms with Crippen LogP contribution in [-0.4, -0.2) is 61.3 Å². The number of rotatable bonds is 5. The Kier molecular flexibility index (Phi) is 5.13. The van der Waals surface area contributed by atoms with E-state index in [1.165, 1.54) is 0 Å². The quantitative estimate of drug-likeness (QED) is 0.818. The van der Waals surface area contributed by atoms with E-state index in [9.17, 15) is 9.59 Å². The number of carboxylic acid groups (broad SMARTS) is 1. The van der Waals surface area contributed by atoms with Gasteiger partial charge in [-0.2, -0.15) is 0 Å². The summed E-state index contributed by atoms with van der Waals surface area (Å²) in [7, 11) is 1.55. The molecule has 0 aromatic heterocycles. The lowest BCUT2D eigenvalue weighted by Crippen LogP contribution is -2.52. The maximum atomic E-state index is 12.0. The van der Waals surface area contributed by atoms with Crippen LogP contribution >= 0.6 is 0 Å². The number of nitrogens with zero attached hydrogens (tertiary/aromatic N) is 1. The van der Waals surface area contributed by atoms with Gasteiger partial charge >= 0.3 is 5.97 Å². The molecule has 1 aliphatic heterocycles. The lowest BCUT2D eigenvalue weighted by atomic mass is 10.2. The van der Waals surface area contributed by atoms with Crippen molar-refractivity contribution in [1.29, 1.82) is 0 Å². The lowest BCUT2D eigenvalue weighted by molar-refractivity contribution is -0.150. The van der Waals surface area contributed by atoms with E-state index < -0.39 is 12.0 Å². The first kappa shape index (κ1) is 15.3. The zero-order valence-electron chi connectivity index (χ0n) is 11.7. The number of benzene rings is 1. The van der Waals surface area contributed by atoms with Gasteiger partial charge in [-0.15, -0.1) is 0 Å². The predicted molar refractivity (Wildman–Crippen MR) is 75.4 cm³/mol. The van der Waals surface area contributed by atoms with Crippen LogP contribution in [0.3, 0.4) is 0 Å². The third-order valence-corrected chi connectivity index (χ3v) is 3.22. The van der Waals surface area contributed by atoms with Gasteiger partial charge in [0.2, 0.25) is 5.91 Å². The molecule has 1 saturated heterocycles. The van der Waals surface area contributed by atoms with Crippen LogP contribution < -0.4 is 10.1 Å². The maximum absolute atomic E-state index is 12.0. The molecule has 1 unspecified atom stereocenters. The Morgan fingerprint density at radius 3 is 3.05 bits per heavy atom. The molecule has 2 rings (SSSR count). The van der Waals surface area contributed by atoms with E-state index in [1.807, 2.05) is 0 Å². The van der Waals surface area contributed by atoms with Crippen molar-refractivity contribution in [2.45, 2.75) is 6.04 Å². The molecular formula is C14H18N2O5. The zero-order chi connectivity index (χ0) is 15.2. The number of hydrogen-bond acceptors (Lipinski definition) is 5. The number of ether oxygens (including phenoxy) is 2. The predicted octanol–water partition coefficient (Wildman–Crippen LogP) is 0.419. The molecular weight excluding hydrogens is 276 g/mol. The SMILES string of the molecule is COc1cccc(NC(=O)CN2CCOCC2C(=O)O)c1. The number of methoxy groups -OCH3 is 1. The first-order valence-electron chi connectivity index (χ1n) is 6.58. The summed E-state index contributed by atoms with van der Waals surface area (Å²) in [4.78, 5) is 24.7. The summed E-state index contributed by atoms with van der Waals surface area (Å²) in [6.45, 7) is 0.956. The van der Waals surface area contributed by atoms with Gasteiger partial charge in [0.1, 0.15) is 11.8 Å². The van der Waals surface area contributed by atoms with Gasteiger partial charge in [-0.3, -0.25) is 14.5 Å². The monoisotopic (exact) mass is 294 g/mol. The third kappa shape index (κ3) is 4.17. The topological polar surface area (TPSA) is 88.1 Å². The number of carbonyl (C=O) groups is 2. The van der Waals surface area contributed by atoms with Crippen LogP contribution in [0.25, 0.3) is 0 Å². The van der Waals surface area contributed by atoms with Crippen LogP contribution in [0.4, 0.5) is 5.69 Å². The first-order valence-corrected chi connectivity index (χ1v) is 6.58. The summed E-state index contributed by atoms with van der Waals surface area (Å²) in [5, 5.41) is 11.8. The van der Waals surface area contributed by atoms with Gasteiger partial charge in [-0.05, 0) is 12.1 Å². The van der Waals surface area contributed by atoms with Crippen LogP contribution in [0.15, 0.2) is 24.3 Å². The summed E-state index contributed by atoms with van der Waals surface area (Å²) in [6, 6.07) is 6.21. The average molecular weight is 294 g/mol. The fraction of sp³-hybridized carbons (Fsp3) is 0.429. The Labute approximate surface area is 122 Å². The number of anilines is 1. The van der Waals surface area contributed by atoms with Gasteiger partial charge in [0.15, 0.2) is 0 Å². The van der Waals surface area contributed by atoms with E-state index in [-0.39, 0.29) is 19.1 Å². The summed E-state index contributed by atoms with van der Waals surface area (Å²) in [5.74, 6) is -0.608. The van der Waals surface area contributed by atoms with Crippen LogP contribution in [-0.2, 0) is 14.3 Å². The fourth-order valence-electron chi connectivity index (χ4n) is 2.14. The van der Waals surface area contributed by atoms with E-state index in [4.69, 9.17) is 14.6 Å². The highest BCUT2D eigenvalue weighted by Gasteiger charge is 2.30. The summed E-state index contributed by atoms with van der Waals surface area (Å²) < 4.78 is 10.2. The summed E-state index contributed by atoms with van der Waals surface area (Å²) in [5.41, 5.74) is 0.611. The molecule has 1 aliphatic rings. The molecule has 2 N–H and O–H groups in total. The van der Waals surface area contributed by atoms with E-state index in [0.717, 1.165) is 0 Å². The summed E-state index contributed by atoms with van der Waals surface area (Å²) in [6.07, 6.45) is 0. The van der Waals surface area contributed by atoms with Crippen molar-refractivity contribution >= 4 is 17.6 Å². The highest BCUT2D eigenvalue weighted by molar-refractivity contribution is 5.92. The van der Waals surface area contributed by atoms with Gasteiger partial charge in [0, 0.05) is 18.3 Å². The Balaban J connectivity index is 1.95. The van der Waals surface area contributed by atoms with E-state index in [2.05, 4.69) is 5.32 Å². The maximum Gasteiger partial charge on any atom is 0.323 e. The second-order valence-electron chi connectivity index (χ2n) is 4.68. The molecule has 1 aromatic rings. The standard InChI is InChI=1S/C14H18N2O5/c1-20-11-4-2-3-10(7-11)15-13(17)8-16-5-6-21-9-12(16)14(18)19/h2-4,7,12H,5-6,8-9H2,1H3,(H,15,17)(H,18,19). The number of carbonyl (C=O) groups excluding carboxylic acids is 1. The van der Waals surface area contributed by atoms with Crippen LogP contribution in [0.2, 0.25) is 0 Å². The number of aliphatic carboxylic acids is 1. The van der Waals surface area contributed by atoms with Crippen molar-refractivity contribution in [3.63, 3.8) is 0 Å². The molecule has 7 nitrogen and oxygen atoms in total. The highest BCUT2D eigenvalue weighted by atomic mass is 16.5. The zero-order valence-corrected chi connectivity index (χ0v) is 11.7. The van der Waals surface area contributed by atoms with Gasteiger partial charge < -0.3 is 19.9 Å². The number of nitrogens with one attached hydrogen (secondary N) is 1. The van der Waals surface area contributed by atoms with Gasteiger partial charge in [0.05, 0.1) is 26.9 Å². The van der Waals surface area contributed by atoms with E-state index >= 15 is 0 Å². The number of carboxylic acids is 1. The number of hydrogen-bond donors (Lipinski definition) is 2. The Hall–Kier alpha value is -2.12. The average Bonchev–Trinajstić information content (AvgIpc) is 2.47. The minimum atomic E-state index is -0.983. The second-order valence-corrected chi connectivity index (χ2v) is 4.68. The van der Waals surface area contributed by atoms with Gasteiger partial charge in [-0.25, -0.2) is 0 Å². The molecule has 0 saturated carbocycles. The summed E-state index contributed by atoms with van der Waals surface area (Å²) >= 11 is 0. The van der Waals surface area contributed by atoms with Crippen molar-refractivity contribution < 1.29 is 24.2 Å². The van der Waals surface area contributed by atoms with Crippen molar-refractivity contribution in [2.75, 3.05) is 38.7 Å². The number of amides is 1. The Morgan fingerprint density at radius 2 is 2.33 bits per heavy atom. The Morgan fingerprint density at radius 1 is 1.52 bits per heavy atom. The highest BCUT2D eigenvalue weighted by Crippen LogP contribution is 2.17. The molecule has 0 spiro atoms. The second kappa shape index (κ2) is 7.05. The normalized spacial score (nSPS) is 19.0. The lowest BCUT2D eigenvalue weighted by Gasteiger charge is -2.32. The van der Waals surface area contributed by atoms with E-state index in [1.54, 1.807) is 36.3 Å². The first-order chi connectivity index (χ1) is 10.1. The molecule has 1 heterocycles. The molecule has 114 valence electrons. The van der Waals surface area contributed by atoms with Crippen molar-refractivity contribution in [3.05, 3.63) is 24.3 Å². The Bertz CT molecular complexity index is 520. The molecule has 1 fully saturated rings. The van der Waals surface area contributed by atoms with Crippen molar-refractivity contribution in [1.82, 2.24) is 4.90 Å². The van der Waals surface area contributed by atoms with Crippen molar-refractivity contribution in [2.24, 2.45) is 0 Å². The molecule has 0 aliphatic carbocycles. The van der Waals surface area contributed by atoms with Crippen LogP contribution in [0, 0.1) is 0 Å².